The Kier molecular flexibility index (Phi) is 5.03. The first-order valence-corrected chi connectivity index (χ1v) is 7.12. The number of ether oxygens (including phenoxy) is 2. The largest absolute Gasteiger partial charge is 0.382 e. The van der Waals surface area contributed by atoms with Gasteiger partial charge in [0.25, 0.3) is 0 Å². The molecule has 2 unspecified atom stereocenters. The Morgan fingerprint density at radius 2 is 2.39 bits per heavy atom. The van der Waals surface area contributed by atoms with Crippen LogP contribution < -0.4 is 5.32 Å². The molecule has 0 bridgehead atoms. The average Bonchev–Trinajstić information content (AvgIpc) is 2.87. The highest BCUT2D eigenvalue weighted by atomic mass is 79.9. The molecular formula is C14H20BrNO2. The molecule has 0 radical (unpaired) electrons. The van der Waals surface area contributed by atoms with Crippen LogP contribution in [0, 0.1) is 5.92 Å². The van der Waals surface area contributed by atoms with Crippen LogP contribution >= 0.6 is 15.9 Å². The molecule has 0 aliphatic carbocycles. The van der Waals surface area contributed by atoms with Crippen LogP contribution in [0.15, 0.2) is 22.7 Å². The predicted octanol–water partition coefficient (Wildman–Crippen LogP) is 3.43. The number of nitrogens with one attached hydrogen (secondary N) is 1. The van der Waals surface area contributed by atoms with E-state index >= 15 is 0 Å². The summed E-state index contributed by atoms with van der Waals surface area (Å²) in [6.45, 7) is 4.58. The predicted molar refractivity (Wildman–Crippen MR) is 76.9 cm³/mol. The minimum atomic E-state index is 0.414. The Labute approximate surface area is 117 Å². The first-order chi connectivity index (χ1) is 8.72. The van der Waals surface area contributed by atoms with Gasteiger partial charge in [-0.05, 0) is 25.5 Å². The van der Waals surface area contributed by atoms with Gasteiger partial charge in [-0.1, -0.05) is 22.0 Å². The molecule has 2 atom stereocenters. The lowest BCUT2D eigenvalue weighted by Gasteiger charge is -2.22. The van der Waals surface area contributed by atoms with E-state index in [4.69, 9.17) is 9.47 Å². The molecule has 1 aromatic rings. The van der Waals surface area contributed by atoms with Crippen molar-refractivity contribution in [3.8, 4) is 0 Å². The van der Waals surface area contributed by atoms with Crippen molar-refractivity contribution in [1.29, 1.82) is 0 Å². The SMILES string of the molecule is COCc1c(Br)cccc1NC(C)C1CCOC1. The van der Waals surface area contributed by atoms with E-state index in [2.05, 4.69) is 34.2 Å². The van der Waals surface area contributed by atoms with Crippen LogP contribution in [-0.4, -0.2) is 26.4 Å². The van der Waals surface area contributed by atoms with Gasteiger partial charge in [0.15, 0.2) is 0 Å². The minimum absolute atomic E-state index is 0.414. The van der Waals surface area contributed by atoms with Gasteiger partial charge >= 0.3 is 0 Å². The number of halogens is 1. The molecule has 1 aromatic carbocycles. The molecule has 0 amide bonds. The van der Waals surface area contributed by atoms with Gasteiger partial charge in [0.2, 0.25) is 0 Å². The Morgan fingerprint density at radius 3 is 3.06 bits per heavy atom. The van der Waals surface area contributed by atoms with E-state index in [9.17, 15) is 0 Å². The van der Waals surface area contributed by atoms with Gasteiger partial charge in [0.1, 0.15) is 0 Å². The zero-order valence-electron chi connectivity index (χ0n) is 10.9. The van der Waals surface area contributed by atoms with E-state index in [1.165, 1.54) is 5.56 Å². The van der Waals surface area contributed by atoms with E-state index < -0.39 is 0 Å². The number of benzene rings is 1. The first kappa shape index (κ1) is 13.8. The third-order valence-corrected chi connectivity index (χ3v) is 4.21. The van der Waals surface area contributed by atoms with Gasteiger partial charge in [-0.25, -0.2) is 0 Å². The third-order valence-electron chi connectivity index (χ3n) is 3.46. The number of methoxy groups -OCH3 is 1. The third kappa shape index (κ3) is 3.25. The van der Waals surface area contributed by atoms with Gasteiger partial charge in [0, 0.05) is 41.4 Å². The van der Waals surface area contributed by atoms with E-state index in [1.807, 2.05) is 12.1 Å². The van der Waals surface area contributed by atoms with Gasteiger partial charge in [-0.3, -0.25) is 0 Å². The normalized spacial score (nSPS) is 20.9. The van der Waals surface area contributed by atoms with E-state index in [0.29, 0.717) is 18.6 Å². The summed E-state index contributed by atoms with van der Waals surface area (Å²) in [4.78, 5) is 0. The van der Waals surface area contributed by atoms with Crippen LogP contribution in [0.3, 0.4) is 0 Å². The highest BCUT2D eigenvalue weighted by Crippen LogP contribution is 2.28. The van der Waals surface area contributed by atoms with Crippen LogP contribution in [0.25, 0.3) is 0 Å². The highest BCUT2D eigenvalue weighted by Gasteiger charge is 2.22. The molecule has 1 aliphatic rings. The maximum Gasteiger partial charge on any atom is 0.0744 e. The summed E-state index contributed by atoms with van der Waals surface area (Å²) in [7, 11) is 1.72. The van der Waals surface area contributed by atoms with Crippen molar-refractivity contribution in [2.45, 2.75) is 26.0 Å². The molecule has 100 valence electrons. The standard InChI is InChI=1S/C14H20BrNO2/c1-10(11-6-7-18-8-11)16-14-5-3-4-13(15)12(14)9-17-2/h3-5,10-11,16H,6-9H2,1-2H3. The summed E-state index contributed by atoms with van der Waals surface area (Å²) in [5.74, 6) is 0.597. The van der Waals surface area contributed by atoms with Crippen LogP contribution in [0.4, 0.5) is 5.69 Å². The van der Waals surface area contributed by atoms with Gasteiger partial charge in [-0.15, -0.1) is 0 Å². The van der Waals surface area contributed by atoms with E-state index in [-0.39, 0.29) is 0 Å². The molecule has 4 heteroatoms. The van der Waals surface area contributed by atoms with Crippen molar-refractivity contribution in [3.05, 3.63) is 28.2 Å². The fourth-order valence-electron chi connectivity index (χ4n) is 2.30. The molecule has 1 fully saturated rings. The molecule has 3 nitrogen and oxygen atoms in total. The van der Waals surface area contributed by atoms with Crippen molar-refractivity contribution in [1.82, 2.24) is 0 Å². The number of rotatable bonds is 5. The fourth-order valence-corrected chi connectivity index (χ4v) is 2.78. The highest BCUT2D eigenvalue weighted by molar-refractivity contribution is 9.10. The van der Waals surface area contributed by atoms with Crippen LogP contribution in [0.1, 0.15) is 18.9 Å². The van der Waals surface area contributed by atoms with Crippen molar-refractivity contribution in [2.24, 2.45) is 5.92 Å². The van der Waals surface area contributed by atoms with E-state index in [1.54, 1.807) is 7.11 Å². The molecule has 1 N–H and O–H groups in total. The molecule has 0 aromatic heterocycles. The lowest BCUT2D eigenvalue weighted by Crippen LogP contribution is -2.26. The number of hydrogen-bond acceptors (Lipinski definition) is 3. The smallest absolute Gasteiger partial charge is 0.0744 e. The molecule has 1 aliphatic heterocycles. The molecule has 0 saturated carbocycles. The molecule has 18 heavy (non-hydrogen) atoms. The Hall–Kier alpha value is -0.580. The summed E-state index contributed by atoms with van der Waals surface area (Å²) in [5, 5.41) is 3.59. The summed E-state index contributed by atoms with van der Waals surface area (Å²) >= 11 is 3.58. The van der Waals surface area contributed by atoms with Gasteiger partial charge in [-0.2, -0.15) is 0 Å². The Morgan fingerprint density at radius 1 is 1.56 bits per heavy atom. The molecule has 0 spiro atoms. The second-order valence-electron chi connectivity index (χ2n) is 4.76. The lowest BCUT2D eigenvalue weighted by molar-refractivity contribution is 0.182. The maximum atomic E-state index is 5.44. The van der Waals surface area contributed by atoms with Crippen molar-refractivity contribution < 1.29 is 9.47 Å². The summed E-state index contributed by atoms with van der Waals surface area (Å²) in [5.41, 5.74) is 2.32. The van der Waals surface area contributed by atoms with Crippen molar-refractivity contribution in [3.63, 3.8) is 0 Å². The topological polar surface area (TPSA) is 30.5 Å². The average molecular weight is 314 g/mol. The quantitative estimate of drug-likeness (QED) is 0.903. The Bertz CT molecular complexity index is 391. The summed E-state index contributed by atoms with van der Waals surface area (Å²) in [6, 6.07) is 6.61. The first-order valence-electron chi connectivity index (χ1n) is 6.33. The maximum absolute atomic E-state index is 5.44. The molecular weight excluding hydrogens is 294 g/mol. The lowest BCUT2D eigenvalue weighted by atomic mass is 10.00. The number of hydrogen-bond donors (Lipinski definition) is 1. The second kappa shape index (κ2) is 6.55. The monoisotopic (exact) mass is 313 g/mol. The minimum Gasteiger partial charge on any atom is -0.382 e. The zero-order chi connectivity index (χ0) is 13.0. The second-order valence-corrected chi connectivity index (χ2v) is 5.61. The van der Waals surface area contributed by atoms with E-state index in [0.717, 1.165) is 29.8 Å². The number of anilines is 1. The fraction of sp³-hybridized carbons (Fsp3) is 0.571. The molecule has 2 rings (SSSR count). The van der Waals surface area contributed by atoms with Crippen LogP contribution in [0.5, 0.6) is 0 Å². The molecule has 1 saturated heterocycles. The summed E-state index contributed by atoms with van der Waals surface area (Å²) in [6.07, 6.45) is 1.14. The zero-order valence-corrected chi connectivity index (χ0v) is 12.5. The van der Waals surface area contributed by atoms with Crippen molar-refractivity contribution in [2.75, 3.05) is 25.6 Å². The van der Waals surface area contributed by atoms with Crippen LogP contribution in [0.2, 0.25) is 0 Å². The van der Waals surface area contributed by atoms with Gasteiger partial charge in [0.05, 0.1) is 13.2 Å². The van der Waals surface area contributed by atoms with Gasteiger partial charge < -0.3 is 14.8 Å². The Balaban J connectivity index is 2.09. The summed E-state index contributed by atoms with van der Waals surface area (Å²) < 4.78 is 11.8. The van der Waals surface area contributed by atoms with Crippen LogP contribution in [-0.2, 0) is 16.1 Å². The molecule has 1 heterocycles. The van der Waals surface area contributed by atoms with Crippen molar-refractivity contribution >= 4 is 21.6 Å².